The number of urea groups is 2. The highest BCUT2D eigenvalue weighted by Gasteiger charge is 2.55. The predicted molar refractivity (Wildman–Crippen MR) is 195 cm³/mol. The lowest BCUT2D eigenvalue weighted by atomic mass is 10.00. The van der Waals surface area contributed by atoms with E-state index >= 15 is 0 Å². The highest BCUT2D eigenvalue weighted by molar-refractivity contribution is 8.01. The maximum absolute atomic E-state index is 14.3. The number of hydrogen-bond acceptors (Lipinski definition) is 12. The number of rotatable bonds is 11. The van der Waals surface area contributed by atoms with Crippen molar-refractivity contribution in [3.63, 3.8) is 0 Å². The lowest BCUT2D eigenvalue weighted by molar-refractivity contribution is -0.154. The number of nitrogens with two attached hydrogens (primary N) is 1. The molecule has 3 aliphatic heterocycles. The second kappa shape index (κ2) is 15.4. The number of β-lactam (4-membered cyclic amide) rings is 1. The van der Waals surface area contributed by atoms with Gasteiger partial charge >= 0.3 is 18.0 Å². The molecule has 3 atom stereocenters. The quantitative estimate of drug-likeness (QED) is 0.0754. The van der Waals surface area contributed by atoms with Crippen LogP contribution < -0.4 is 21.7 Å². The molecule has 4 aromatic rings. The zero-order valence-corrected chi connectivity index (χ0v) is 29.9. The van der Waals surface area contributed by atoms with E-state index in [1.54, 1.807) is 31.3 Å². The number of aromatic nitrogens is 4. The van der Waals surface area contributed by atoms with E-state index in [1.165, 1.54) is 33.1 Å². The van der Waals surface area contributed by atoms with Crippen LogP contribution in [0.5, 0.6) is 0 Å². The third-order valence-corrected chi connectivity index (χ3v) is 11.3. The minimum absolute atomic E-state index is 0.0900. The number of carbonyl (C=O) groups is 5. The lowest BCUT2D eigenvalue weighted by Gasteiger charge is -2.50. The number of nitrogens with zero attached hydrogens (tertiary/aromatic N) is 6. The molecule has 18 heteroatoms. The van der Waals surface area contributed by atoms with Crippen LogP contribution in [0.1, 0.15) is 28.8 Å². The van der Waals surface area contributed by atoms with Crippen LogP contribution in [-0.4, -0.2) is 95.9 Å². The van der Waals surface area contributed by atoms with Crippen molar-refractivity contribution in [1.29, 1.82) is 0 Å². The van der Waals surface area contributed by atoms with Crippen LogP contribution in [0, 0.1) is 0 Å². The topological polar surface area (TPSA) is 207 Å². The molecule has 16 nitrogen and oxygen atoms in total. The Morgan fingerprint density at radius 3 is 2.28 bits per heavy atom. The average Bonchev–Trinajstić information content (AvgIpc) is 3.81. The van der Waals surface area contributed by atoms with Crippen molar-refractivity contribution < 1.29 is 28.7 Å². The number of nitrogen functional groups attached to an aromatic ring is 1. The fraction of sp³-hybridized carbons (Fsp3) is 0.257. The van der Waals surface area contributed by atoms with Crippen LogP contribution in [0.15, 0.2) is 101 Å². The first-order valence-corrected chi connectivity index (χ1v) is 18.6. The van der Waals surface area contributed by atoms with Crippen LogP contribution in [0.3, 0.4) is 0 Å². The Bertz CT molecular complexity index is 2020. The minimum atomic E-state index is -1.27. The van der Waals surface area contributed by atoms with Crippen LogP contribution in [0.4, 0.5) is 15.3 Å². The number of amides is 6. The summed E-state index contributed by atoms with van der Waals surface area (Å²) in [5, 5.41) is 19.4. The van der Waals surface area contributed by atoms with Crippen molar-refractivity contribution >= 4 is 59.1 Å². The second-order valence-electron chi connectivity index (χ2n) is 12.3. The molecule has 0 saturated carbocycles. The third kappa shape index (κ3) is 7.40. The van der Waals surface area contributed by atoms with E-state index < -0.39 is 53.4 Å². The summed E-state index contributed by atoms with van der Waals surface area (Å²) in [6, 6.07) is 21.3. The maximum Gasteiger partial charge on any atom is 0.356 e. The molecule has 0 aliphatic carbocycles. The van der Waals surface area contributed by atoms with E-state index in [0.29, 0.717) is 27.7 Å². The van der Waals surface area contributed by atoms with Crippen LogP contribution in [0.25, 0.3) is 0 Å². The van der Waals surface area contributed by atoms with Gasteiger partial charge < -0.3 is 26.4 Å². The first-order chi connectivity index (χ1) is 25.7. The second-order valence-corrected chi connectivity index (χ2v) is 14.3. The smallest absolute Gasteiger partial charge is 0.356 e. The van der Waals surface area contributed by atoms with E-state index in [0.717, 1.165) is 16.0 Å². The number of aryl methyl sites for hydroxylation is 1. The van der Waals surface area contributed by atoms with Crippen molar-refractivity contribution in [1.82, 2.24) is 46.0 Å². The normalized spacial score (nSPS) is 18.6. The molecule has 5 N–H and O–H groups in total. The summed E-state index contributed by atoms with van der Waals surface area (Å²) in [5.74, 6) is -1.28. The van der Waals surface area contributed by atoms with Gasteiger partial charge in [0, 0.05) is 37.3 Å². The van der Waals surface area contributed by atoms with Gasteiger partial charge in [0.25, 0.3) is 5.91 Å². The number of ether oxygens (including phenoxy) is 1. The summed E-state index contributed by atoms with van der Waals surface area (Å²) in [4.78, 5) is 69.9. The molecule has 4 heterocycles. The average molecular weight is 755 g/mol. The van der Waals surface area contributed by atoms with Gasteiger partial charge in [0.15, 0.2) is 6.10 Å². The van der Waals surface area contributed by atoms with E-state index in [9.17, 15) is 24.0 Å². The molecule has 7 rings (SSSR count). The monoisotopic (exact) mass is 754 g/mol. The number of esters is 1. The van der Waals surface area contributed by atoms with Gasteiger partial charge in [-0.1, -0.05) is 84.6 Å². The van der Waals surface area contributed by atoms with E-state index in [-0.39, 0.29) is 24.5 Å². The number of carbonyl (C=O) groups excluding carboxylic acids is 5. The van der Waals surface area contributed by atoms with E-state index in [1.807, 2.05) is 60.7 Å². The highest BCUT2D eigenvalue weighted by Crippen LogP contribution is 2.43. The van der Waals surface area contributed by atoms with Gasteiger partial charge in [0.05, 0.1) is 0 Å². The molecule has 0 unspecified atom stereocenters. The molecule has 2 fully saturated rings. The van der Waals surface area contributed by atoms with E-state index in [4.69, 9.17) is 10.5 Å². The fourth-order valence-corrected chi connectivity index (χ4v) is 8.45. The highest BCUT2D eigenvalue weighted by atomic mass is 32.2. The molecule has 6 amide bonds. The summed E-state index contributed by atoms with van der Waals surface area (Å²) >= 11 is 2.69. The number of tetrazole rings is 1. The summed E-state index contributed by atoms with van der Waals surface area (Å²) in [6.45, 7) is 0.409. The zero-order chi connectivity index (χ0) is 37.1. The van der Waals surface area contributed by atoms with Gasteiger partial charge in [-0.05, 0) is 44.8 Å². The molecule has 1 aromatic heterocycles. The maximum atomic E-state index is 14.3. The van der Waals surface area contributed by atoms with Gasteiger partial charge in [0.1, 0.15) is 23.2 Å². The van der Waals surface area contributed by atoms with Crippen LogP contribution >= 0.6 is 23.5 Å². The van der Waals surface area contributed by atoms with Crippen molar-refractivity contribution in [3.8, 4) is 0 Å². The minimum Gasteiger partial charge on any atom is -0.448 e. The number of thioether (sulfide) groups is 2. The molecule has 0 bridgehead atoms. The number of benzene rings is 3. The molecular weight excluding hydrogens is 721 g/mol. The molecule has 2 saturated heterocycles. The van der Waals surface area contributed by atoms with Crippen molar-refractivity contribution in [3.05, 3.63) is 113 Å². The Balaban J connectivity index is 1.15. The molecule has 3 aromatic carbocycles. The SMILES string of the molecule is Cn1nnnc1SCC1=C(C(=O)OC(c2ccccc2)c2ccccc2)N2C(=O)[C@@H](NC(=O)[C@H](NC(=O)N3CCNC3=O)c3ccc(N)cc3)[C@@H]2SC1. The summed E-state index contributed by atoms with van der Waals surface area (Å²) in [7, 11) is 1.70. The molecule has 0 radical (unpaired) electrons. The van der Waals surface area contributed by atoms with Crippen LogP contribution in [0.2, 0.25) is 0 Å². The van der Waals surface area contributed by atoms with Crippen molar-refractivity contribution in [2.75, 3.05) is 30.3 Å². The first-order valence-electron chi connectivity index (χ1n) is 16.5. The Morgan fingerprint density at radius 2 is 1.68 bits per heavy atom. The zero-order valence-electron chi connectivity index (χ0n) is 28.2. The standard InChI is InChI=1S/C35H34N10O6S2/c1-43-35(40-41-42-43)53-19-23-18-52-31-26(38-29(46)25(20-12-14-24(36)15-13-20)39-34(50)44-17-16-37-33(44)49)30(47)45(31)27(23)32(48)51-28(21-8-4-2-5-9-21)22-10-6-3-7-11-22/h2-15,25-26,28,31H,16-19,36H2,1H3,(H,37,49)(H,38,46)(H,39,50)/t25-,26-,31+/m1/s1. The predicted octanol–water partition coefficient (Wildman–Crippen LogP) is 2.35. The van der Waals surface area contributed by atoms with Crippen LogP contribution in [-0.2, 0) is 26.2 Å². The number of hydrogen-bond donors (Lipinski definition) is 4. The van der Waals surface area contributed by atoms with Gasteiger partial charge in [-0.2, -0.15) is 0 Å². The summed E-state index contributed by atoms with van der Waals surface area (Å²) in [5.41, 5.74) is 8.92. The summed E-state index contributed by atoms with van der Waals surface area (Å²) in [6.07, 6.45) is -0.767. The molecule has 53 heavy (non-hydrogen) atoms. The molecule has 272 valence electrons. The number of fused-ring (bicyclic) bond motifs is 1. The molecule has 3 aliphatic rings. The number of anilines is 1. The molecule has 0 spiro atoms. The van der Waals surface area contributed by atoms with Gasteiger partial charge in [-0.3, -0.25) is 14.5 Å². The van der Waals surface area contributed by atoms with Gasteiger partial charge in [-0.25, -0.2) is 24.0 Å². The Morgan fingerprint density at radius 1 is 1.00 bits per heavy atom. The molecular formula is C35H34N10O6S2. The first kappa shape index (κ1) is 35.5. The lowest BCUT2D eigenvalue weighted by Crippen LogP contribution is -2.71. The van der Waals surface area contributed by atoms with Gasteiger partial charge in [-0.15, -0.1) is 16.9 Å². The van der Waals surface area contributed by atoms with E-state index in [2.05, 4.69) is 31.5 Å². The fourth-order valence-electron chi connectivity index (χ4n) is 6.12. The Kier molecular flexibility index (Phi) is 10.3. The summed E-state index contributed by atoms with van der Waals surface area (Å²) < 4.78 is 7.75. The van der Waals surface area contributed by atoms with Crippen molar-refractivity contribution in [2.45, 2.75) is 28.7 Å². The Hall–Kier alpha value is -5.88. The Labute approximate surface area is 311 Å². The largest absolute Gasteiger partial charge is 0.448 e. The van der Waals surface area contributed by atoms with Crippen molar-refractivity contribution in [2.24, 2.45) is 7.05 Å². The van der Waals surface area contributed by atoms with Gasteiger partial charge in [0.2, 0.25) is 11.1 Å². The number of nitrogens with one attached hydrogen (secondary N) is 3. The number of imide groups is 1. The third-order valence-electron chi connectivity index (χ3n) is 8.83.